The highest BCUT2D eigenvalue weighted by Gasteiger charge is 2.37. The first-order valence-corrected chi connectivity index (χ1v) is 11.8. The number of nitrogens with zero attached hydrogens (tertiary/aromatic N) is 2. The number of methoxy groups -OCH3 is 1. The van der Waals surface area contributed by atoms with Crippen LogP contribution in [0.1, 0.15) is 51.2 Å². The first-order valence-electron chi connectivity index (χ1n) is 11.8. The number of carbonyl (C=O) groups is 1. The largest absolute Gasteiger partial charge is 0.480 e. The Hall–Kier alpha value is -3.98. The van der Waals surface area contributed by atoms with E-state index in [9.17, 15) is 4.79 Å². The van der Waals surface area contributed by atoms with E-state index in [4.69, 9.17) is 9.47 Å². The number of amides is 1. The Balaban J connectivity index is 1.50. The highest BCUT2D eigenvalue weighted by Crippen LogP contribution is 2.32. The molecule has 1 fully saturated rings. The minimum Gasteiger partial charge on any atom is -0.480 e. The average Bonchev–Trinajstić information content (AvgIpc) is 2.81. The van der Waals surface area contributed by atoms with Crippen molar-refractivity contribution in [2.24, 2.45) is 0 Å². The third-order valence-electron chi connectivity index (χ3n) is 5.91. The Kier molecular flexibility index (Phi) is 7.26. The molecule has 1 saturated carbocycles. The van der Waals surface area contributed by atoms with Crippen molar-refractivity contribution >= 4 is 17.5 Å². The predicted octanol–water partition coefficient (Wildman–Crippen LogP) is 6.39. The molecule has 1 aliphatic rings. The minimum absolute atomic E-state index is 0.250. The number of ether oxygens (including phenoxy) is 2. The van der Waals surface area contributed by atoms with E-state index in [1.54, 1.807) is 25.4 Å². The Morgan fingerprint density at radius 1 is 1.03 bits per heavy atom. The summed E-state index contributed by atoms with van der Waals surface area (Å²) in [6.07, 6.45) is 4.58. The lowest BCUT2D eigenvalue weighted by atomic mass is 9.88. The maximum absolute atomic E-state index is 12.9. The number of nitrogens with one attached hydrogen (secondary N) is 1. The van der Waals surface area contributed by atoms with Crippen molar-refractivity contribution in [2.45, 2.75) is 51.6 Å². The van der Waals surface area contributed by atoms with Crippen LogP contribution in [0.3, 0.4) is 0 Å². The molecule has 6 nitrogen and oxygen atoms in total. The summed E-state index contributed by atoms with van der Waals surface area (Å²) in [5.74, 6) is 7.29. The fourth-order valence-corrected chi connectivity index (χ4v) is 4.01. The van der Waals surface area contributed by atoms with Crippen molar-refractivity contribution in [3.8, 4) is 23.5 Å². The van der Waals surface area contributed by atoms with Gasteiger partial charge in [0.05, 0.1) is 12.8 Å². The van der Waals surface area contributed by atoms with Gasteiger partial charge in [-0.1, -0.05) is 30.0 Å². The number of hydrogen-bond acceptors (Lipinski definition) is 5. The Morgan fingerprint density at radius 2 is 1.74 bits per heavy atom. The highest BCUT2D eigenvalue weighted by atomic mass is 16.6. The summed E-state index contributed by atoms with van der Waals surface area (Å²) in [5, 5.41) is 3.37. The molecule has 2 aromatic carbocycles. The van der Waals surface area contributed by atoms with E-state index >= 15 is 0 Å². The van der Waals surface area contributed by atoms with Gasteiger partial charge in [0, 0.05) is 29.0 Å². The maximum Gasteiger partial charge on any atom is 0.415 e. The SMILES string of the molecule is COc1nccc(Nc2ccc(OC(=O)N(C3CCC3)C(C)(C)C)cc2)c1C#Cc1ccccc1. The van der Waals surface area contributed by atoms with Gasteiger partial charge in [0.25, 0.3) is 0 Å². The number of hydrogen-bond donors (Lipinski definition) is 1. The van der Waals surface area contributed by atoms with Crippen LogP contribution in [0.5, 0.6) is 11.6 Å². The molecule has 3 aromatic rings. The van der Waals surface area contributed by atoms with Crippen molar-refractivity contribution in [2.75, 3.05) is 12.4 Å². The van der Waals surface area contributed by atoms with Gasteiger partial charge in [0.1, 0.15) is 11.3 Å². The fraction of sp³-hybridized carbons (Fsp3) is 0.310. The molecule has 1 N–H and O–H groups in total. The summed E-state index contributed by atoms with van der Waals surface area (Å²) in [6.45, 7) is 6.13. The molecular formula is C29H31N3O3. The van der Waals surface area contributed by atoms with Crippen molar-refractivity contribution < 1.29 is 14.3 Å². The quantitative estimate of drug-likeness (QED) is 0.439. The second kappa shape index (κ2) is 10.5. The van der Waals surface area contributed by atoms with E-state index in [0.717, 1.165) is 36.2 Å². The molecule has 180 valence electrons. The molecule has 1 aliphatic carbocycles. The summed E-state index contributed by atoms with van der Waals surface area (Å²) in [4.78, 5) is 19.1. The number of rotatable bonds is 5. The van der Waals surface area contributed by atoms with Gasteiger partial charge < -0.3 is 19.7 Å². The number of carbonyl (C=O) groups excluding carboxylic acids is 1. The topological polar surface area (TPSA) is 63.7 Å². The molecule has 0 saturated heterocycles. The number of anilines is 2. The van der Waals surface area contributed by atoms with E-state index in [0.29, 0.717) is 17.2 Å². The van der Waals surface area contributed by atoms with Gasteiger partial charge in [0.2, 0.25) is 5.88 Å². The van der Waals surface area contributed by atoms with Crippen molar-refractivity contribution in [1.29, 1.82) is 0 Å². The van der Waals surface area contributed by atoms with E-state index in [2.05, 4.69) is 22.1 Å². The first-order chi connectivity index (χ1) is 16.8. The lowest BCUT2D eigenvalue weighted by molar-refractivity contribution is 0.0469. The van der Waals surface area contributed by atoms with Crippen LogP contribution in [0, 0.1) is 11.8 Å². The van der Waals surface area contributed by atoms with Crippen LogP contribution < -0.4 is 14.8 Å². The van der Waals surface area contributed by atoms with Gasteiger partial charge in [-0.25, -0.2) is 9.78 Å². The monoisotopic (exact) mass is 469 g/mol. The zero-order valence-electron chi connectivity index (χ0n) is 20.7. The van der Waals surface area contributed by atoms with E-state index in [1.165, 1.54) is 0 Å². The number of benzene rings is 2. The average molecular weight is 470 g/mol. The Labute approximate surface area is 207 Å². The van der Waals surface area contributed by atoms with Gasteiger partial charge in [0.15, 0.2) is 0 Å². The van der Waals surface area contributed by atoms with Crippen LogP contribution in [-0.2, 0) is 0 Å². The van der Waals surface area contributed by atoms with Crippen LogP contribution in [-0.4, -0.2) is 34.7 Å². The molecule has 0 bridgehead atoms. The molecule has 1 heterocycles. The van der Waals surface area contributed by atoms with Crippen molar-refractivity contribution in [1.82, 2.24) is 9.88 Å². The molecule has 0 atom stereocenters. The summed E-state index contributed by atoms with van der Waals surface area (Å²) in [7, 11) is 1.58. The van der Waals surface area contributed by atoms with E-state index in [1.807, 2.05) is 74.2 Å². The molecule has 4 rings (SSSR count). The second-order valence-electron chi connectivity index (χ2n) is 9.50. The van der Waals surface area contributed by atoms with Gasteiger partial charge >= 0.3 is 6.09 Å². The summed E-state index contributed by atoms with van der Waals surface area (Å²) in [6, 6.07) is 19.2. The molecule has 0 unspecified atom stereocenters. The zero-order valence-corrected chi connectivity index (χ0v) is 20.7. The maximum atomic E-state index is 12.9. The Bertz CT molecular complexity index is 1220. The molecule has 0 aliphatic heterocycles. The fourth-order valence-electron chi connectivity index (χ4n) is 4.01. The van der Waals surface area contributed by atoms with Gasteiger partial charge in [-0.2, -0.15) is 0 Å². The third-order valence-corrected chi connectivity index (χ3v) is 5.91. The summed E-state index contributed by atoms with van der Waals surface area (Å²) >= 11 is 0. The molecule has 0 spiro atoms. The van der Waals surface area contributed by atoms with E-state index in [-0.39, 0.29) is 17.7 Å². The van der Waals surface area contributed by atoms with Crippen molar-refractivity contribution in [3.05, 3.63) is 78.0 Å². The third kappa shape index (κ3) is 5.93. The van der Waals surface area contributed by atoms with Gasteiger partial charge in [-0.15, -0.1) is 0 Å². The number of aromatic nitrogens is 1. The van der Waals surface area contributed by atoms with Crippen LogP contribution in [0.25, 0.3) is 0 Å². The van der Waals surface area contributed by atoms with Gasteiger partial charge in [-0.05, 0) is 82.5 Å². The molecule has 1 amide bonds. The molecule has 6 heteroatoms. The molecule has 0 radical (unpaired) electrons. The summed E-state index contributed by atoms with van der Waals surface area (Å²) < 4.78 is 11.2. The lowest BCUT2D eigenvalue weighted by Crippen LogP contribution is -2.55. The molecule has 1 aromatic heterocycles. The van der Waals surface area contributed by atoms with Crippen LogP contribution in [0.15, 0.2) is 66.9 Å². The standard InChI is InChI=1S/C29H31N3O3/c1-29(2,3)32(23-11-8-12-23)28(33)35-24-16-14-22(15-17-24)31-26-19-20-30-27(34-4)25(26)18-13-21-9-6-5-7-10-21/h5-7,9-10,14-17,19-20,23H,8,11-12H2,1-4H3,(H,30,31). The predicted molar refractivity (Wildman–Crippen MR) is 138 cm³/mol. The molecule has 35 heavy (non-hydrogen) atoms. The minimum atomic E-state index is -0.305. The lowest BCUT2D eigenvalue weighted by Gasteiger charge is -2.44. The highest BCUT2D eigenvalue weighted by molar-refractivity contribution is 5.73. The normalized spacial score (nSPS) is 13.1. The zero-order chi connectivity index (χ0) is 24.8. The van der Waals surface area contributed by atoms with Gasteiger partial charge in [-0.3, -0.25) is 0 Å². The second-order valence-corrected chi connectivity index (χ2v) is 9.50. The summed E-state index contributed by atoms with van der Waals surface area (Å²) in [5.41, 5.74) is 2.88. The smallest absolute Gasteiger partial charge is 0.415 e. The van der Waals surface area contributed by atoms with Crippen LogP contribution in [0.4, 0.5) is 16.2 Å². The van der Waals surface area contributed by atoms with E-state index < -0.39 is 0 Å². The number of pyridine rings is 1. The van der Waals surface area contributed by atoms with Crippen LogP contribution in [0.2, 0.25) is 0 Å². The Morgan fingerprint density at radius 3 is 2.34 bits per heavy atom. The first kappa shape index (κ1) is 24.2. The van der Waals surface area contributed by atoms with Crippen LogP contribution >= 0.6 is 0 Å². The van der Waals surface area contributed by atoms with Crippen molar-refractivity contribution in [3.63, 3.8) is 0 Å². The molecular weight excluding hydrogens is 438 g/mol.